The van der Waals surface area contributed by atoms with E-state index in [0.717, 1.165) is 12.2 Å². The van der Waals surface area contributed by atoms with E-state index in [-0.39, 0.29) is 0 Å². The van der Waals surface area contributed by atoms with Gasteiger partial charge < -0.3 is 9.64 Å². The molecule has 1 aliphatic carbocycles. The minimum Gasteiger partial charge on any atom is -0.496 e. The Morgan fingerprint density at radius 3 is 2.80 bits per heavy atom. The average molecular weight is 205 g/mol. The number of hydrogen-bond acceptors (Lipinski definition) is 2. The standard InChI is InChI=1S/C13H19NO/c1-14(2)11-8-7-10-5-4-6-13(15-3)12(10)9-11/h4-6,11H,7-9H2,1-3H3/t11-/m0/s1. The molecule has 0 spiro atoms. The number of aryl methyl sites for hydroxylation is 1. The van der Waals surface area contributed by atoms with E-state index in [9.17, 15) is 0 Å². The fourth-order valence-corrected chi connectivity index (χ4v) is 2.37. The summed E-state index contributed by atoms with van der Waals surface area (Å²) in [5, 5.41) is 0. The fraction of sp³-hybridized carbons (Fsp3) is 0.538. The van der Waals surface area contributed by atoms with E-state index in [4.69, 9.17) is 4.74 Å². The summed E-state index contributed by atoms with van der Waals surface area (Å²) in [5.74, 6) is 1.05. The van der Waals surface area contributed by atoms with Gasteiger partial charge in [0.15, 0.2) is 0 Å². The van der Waals surface area contributed by atoms with Gasteiger partial charge in [-0.2, -0.15) is 0 Å². The zero-order valence-electron chi connectivity index (χ0n) is 9.79. The van der Waals surface area contributed by atoms with Crippen molar-refractivity contribution in [2.24, 2.45) is 0 Å². The Bertz CT molecular complexity index is 332. The van der Waals surface area contributed by atoms with Crippen LogP contribution >= 0.6 is 0 Å². The average Bonchev–Trinajstić information content (AvgIpc) is 2.27. The predicted octanol–water partition coefficient (Wildman–Crippen LogP) is 2.11. The summed E-state index contributed by atoms with van der Waals surface area (Å²) in [4.78, 5) is 2.31. The maximum absolute atomic E-state index is 5.42. The first kappa shape index (κ1) is 10.5. The Morgan fingerprint density at radius 1 is 1.33 bits per heavy atom. The highest BCUT2D eigenvalue weighted by atomic mass is 16.5. The zero-order chi connectivity index (χ0) is 10.8. The molecule has 0 unspecified atom stereocenters. The molecule has 2 rings (SSSR count). The Kier molecular flexibility index (Phi) is 2.96. The third kappa shape index (κ3) is 2.00. The molecule has 0 saturated heterocycles. The summed E-state index contributed by atoms with van der Waals surface area (Å²) in [5.41, 5.74) is 2.87. The third-order valence-electron chi connectivity index (χ3n) is 3.37. The maximum Gasteiger partial charge on any atom is 0.122 e. The quantitative estimate of drug-likeness (QED) is 0.733. The van der Waals surface area contributed by atoms with Crippen molar-refractivity contribution in [2.75, 3.05) is 21.2 Å². The number of rotatable bonds is 2. The molecule has 1 aromatic rings. The summed E-state index contributed by atoms with van der Waals surface area (Å²) < 4.78 is 5.42. The maximum atomic E-state index is 5.42. The van der Waals surface area contributed by atoms with Crippen molar-refractivity contribution in [3.05, 3.63) is 29.3 Å². The van der Waals surface area contributed by atoms with Crippen molar-refractivity contribution in [1.29, 1.82) is 0 Å². The van der Waals surface area contributed by atoms with Crippen molar-refractivity contribution in [3.63, 3.8) is 0 Å². The normalized spacial score (nSPS) is 20.1. The summed E-state index contributed by atoms with van der Waals surface area (Å²) in [6.07, 6.45) is 3.55. The molecule has 0 N–H and O–H groups in total. The van der Waals surface area contributed by atoms with Crippen LogP contribution in [0.4, 0.5) is 0 Å². The molecule has 0 saturated carbocycles. The van der Waals surface area contributed by atoms with Crippen LogP contribution in [0.15, 0.2) is 18.2 Å². The van der Waals surface area contributed by atoms with Crippen LogP contribution in [0.2, 0.25) is 0 Å². The summed E-state index contributed by atoms with van der Waals surface area (Å²) in [6, 6.07) is 7.04. The lowest BCUT2D eigenvalue weighted by Crippen LogP contribution is -2.33. The molecule has 1 aliphatic rings. The van der Waals surface area contributed by atoms with Crippen molar-refractivity contribution in [2.45, 2.75) is 25.3 Å². The first-order valence-corrected chi connectivity index (χ1v) is 5.53. The van der Waals surface area contributed by atoms with Crippen LogP contribution in [0.1, 0.15) is 17.5 Å². The van der Waals surface area contributed by atoms with Gasteiger partial charge in [0, 0.05) is 6.04 Å². The van der Waals surface area contributed by atoms with E-state index in [2.05, 4.69) is 37.2 Å². The summed E-state index contributed by atoms with van der Waals surface area (Å²) in [6.45, 7) is 0. The Hall–Kier alpha value is -1.02. The van der Waals surface area contributed by atoms with E-state index in [1.54, 1.807) is 7.11 Å². The molecule has 15 heavy (non-hydrogen) atoms. The van der Waals surface area contributed by atoms with Crippen LogP contribution in [0, 0.1) is 0 Å². The van der Waals surface area contributed by atoms with Gasteiger partial charge in [-0.1, -0.05) is 12.1 Å². The molecule has 0 bridgehead atoms. The van der Waals surface area contributed by atoms with Gasteiger partial charge in [-0.3, -0.25) is 0 Å². The molecular weight excluding hydrogens is 186 g/mol. The number of hydrogen-bond donors (Lipinski definition) is 0. The molecule has 2 heteroatoms. The van der Waals surface area contributed by atoms with Gasteiger partial charge in [-0.15, -0.1) is 0 Å². The van der Waals surface area contributed by atoms with Crippen LogP contribution in [-0.2, 0) is 12.8 Å². The molecule has 0 radical (unpaired) electrons. The lowest BCUT2D eigenvalue weighted by Gasteiger charge is -2.30. The molecule has 0 aliphatic heterocycles. The first-order valence-electron chi connectivity index (χ1n) is 5.53. The summed E-state index contributed by atoms with van der Waals surface area (Å²) in [7, 11) is 6.07. The molecular formula is C13H19NO. The topological polar surface area (TPSA) is 12.5 Å². The van der Waals surface area contributed by atoms with Crippen molar-refractivity contribution in [3.8, 4) is 5.75 Å². The molecule has 0 amide bonds. The van der Waals surface area contributed by atoms with Crippen molar-refractivity contribution < 1.29 is 4.74 Å². The minimum atomic E-state index is 0.661. The van der Waals surface area contributed by atoms with Crippen LogP contribution < -0.4 is 4.74 Å². The highest BCUT2D eigenvalue weighted by Gasteiger charge is 2.22. The number of fused-ring (bicyclic) bond motifs is 1. The highest BCUT2D eigenvalue weighted by Crippen LogP contribution is 2.30. The van der Waals surface area contributed by atoms with Gasteiger partial charge in [0.2, 0.25) is 0 Å². The second-order valence-electron chi connectivity index (χ2n) is 4.46. The Balaban J connectivity index is 2.30. The van der Waals surface area contributed by atoms with E-state index in [0.29, 0.717) is 6.04 Å². The number of likely N-dealkylation sites (N-methyl/N-ethyl adjacent to an activating group) is 1. The number of methoxy groups -OCH3 is 1. The third-order valence-corrected chi connectivity index (χ3v) is 3.37. The molecule has 82 valence electrons. The fourth-order valence-electron chi connectivity index (χ4n) is 2.37. The number of ether oxygens (including phenoxy) is 1. The Morgan fingerprint density at radius 2 is 2.13 bits per heavy atom. The van der Waals surface area contributed by atoms with Crippen molar-refractivity contribution >= 4 is 0 Å². The molecule has 0 aromatic heterocycles. The highest BCUT2D eigenvalue weighted by molar-refractivity contribution is 5.42. The predicted molar refractivity (Wildman–Crippen MR) is 62.5 cm³/mol. The number of nitrogens with zero attached hydrogens (tertiary/aromatic N) is 1. The lowest BCUT2D eigenvalue weighted by molar-refractivity contribution is 0.264. The Labute approximate surface area is 91.9 Å². The van der Waals surface area contributed by atoms with E-state index >= 15 is 0 Å². The molecule has 1 atom stereocenters. The minimum absolute atomic E-state index is 0.661. The molecule has 0 heterocycles. The van der Waals surface area contributed by atoms with Gasteiger partial charge in [-0.05, 0) is 50.6 Å². The van der Waals surface area contributed by atoms with Crippen LogP contribution in [0.25, 0.3) is 0 Å². The molecule has 1 aromatic carbocycles. The molecule has 0 fully saturated rings. The lowest BCUT2D eigenvalue weighted by atomic mass is 9.87. The SMILES string of the molecule is COc1cccc2c1C[C@@H](N(C)C)CC2. The van der Waals surface area contributed by atoms with E-state index in [1.165, 1.54) is 24.0 Å². The van der Waals surface area contributed by atoms with E-state index in [1.807, 2.05) is 0 Å². The smallest absolute Gasteiger partial charge is 0.122 e. The van der Waals surface area contributed by atoms with Gasteiger partial charge in [-0.25, -0.2) is 0 Å². The van der Waals surface area contributed by atoms with Gasteiger partial charge >= 0.3 is 0 Å². The van der Waals surface area contributed by atoms with Crippen LogP contribution in [0.3, 0.4) is 0 Å². The largest absolute Gasteiger partial charge is 0.496 e. The van der Waals surface area contributed by atoms with E-state index < -0.39 is 0 Å². The first-order chi connectivity index (χ1) is 7.22. The molecule has 2 nitrogen and oxygen atoms in total. The second kappa shape index (κ2) is 4.23. The van der Waals surface area contributed by atoms with Gasteiger partial charge in [0.25, 0.3) is 0 Å². The van der Waals surface area contributed by atoms with Crippen LogP contribution in [-0.4, -0.2) is 32.1 Å². The monoisotopic (exact) mass is 205 g/mol. The van der Waals surface area contributed by atoms with Crippen molar-refractivity contribution in [1.82, 2.24) is 4.90 Å². The van der Waals surface area contributed by atoms with Crippen LogP contribution in [0.5, 0.6) is 5.75 Å². The van der Waals surface area contributed by atoms with Gasteiger partial charge in [0.05, 0.1) is 7.11 Å². The number of benzene rings is 1. The van der Waals surface area contributed by atoms with Gasteiger partial charge in [0.1, 0.15) is 5.75 Å². The second-order valence-corrected chi connectivity index (χ2v) is 4.46. The zero-order valence-corrected chi connectivity index (χ0v) is 9.79. The summed E-state index contributed by atoms with van der Waals surface area (Å²) >= 11 is 0.